The van der Waals surface area contributed by atoms with Gasteiger partial charge in [-0.1, -0.05) is 23.7 Å². The molecule has 0 aliphatic carbocycles. The minimum atomic E-state index is -0.652. The molecule has 86 valence electrons. The number of benzene rings is 1. The van der Waals surface area contributed by atoms with E-state index >= 15 is 0 Å². The number of carbonyl (C=O) groups excluding carboxylic acids is 2. The van der Waals surface area contributed by atoms with Crippen molar-refractivity contribution in [1.82, 2.24) is 5.32 Å². The molecule has 1 aromatic rings. The molecular formula is C10H5ClN2O4. The maximum Gasteiger partial charge on any atom is 0.288 e. The SMILES string of the molecule is O=C1C=C(c2cccc([N+](=O)[O-])c2Cl)C(=O)N1. The number of imide groups is 1. The number of nitro groups is 1. The van der Waals surface area contributed by atoms with Crippen molar-refractivity contribution in [1.29, 1.82) is 0 Å². The standard InChI is InChI=1S/C10H5ClN2O4/c11-9-5(2-1-3-7(9)13(16)17)6-4-8(14)12-10(6)15/h1-4H,(H,12,14,15). The molecule has 0 aromatic heterocycles. The molecule has 2 rings (SSSR count). The van der Waals surface area contributed by atoms with Crippen molar-refractivity contribution >= 4 is 34.7 Å². The third kappa shape index (κ3) is 1.90. The van der Waals surface area contributed by atoms with Crippen LogP contribution in [0.3, 0.4) is 0 Å². The molecule has 6 nitrogen and oxygen atoms in total. The molecule has 0 atom stereocenters. The van der Waals surface area contributed by atoms with Gasteiger partial charge in [-0.2, -0.15) is 0 Å². The van der Waals surface area contributed by atoms with Gasteiger partial charge in [0.1, 0.15) is 5.02 Å². The highest BCUT2D eigenvalue weighted by Crippen LogP contribution is 2.33. The number of nitro benzene ring substituents is 1. The lowest BCUT2D eigenvalue weighted by Gasteiger charge is -2.03. The first-order valence-corrected chi connectivity index (χ1v) is 4.89. The van der Waals surface area contributed by atoms with Crippen molar-refractivity contribution in [2.75, 3.05) is 0 Å². The Morgan fingerprint density at radius 3 is 2.53 bits per heavy atom. The van der Waals surface area contributed by atoms with Crippen LogP contribution in [-0.2, 0) is 9.59 Å². The molecule has 0 unspecified atom stereocenters. The summed E-state index contributed by atoms with van der Waals surface area (Å²) in [4.78, 5) is 32.4. The Labute approximate surface area is 100 Å². The Morgan fingerprint density at radius 1 is 1.29 bits per heavy atom. The lowest BCUT2D eigenvalue weighted by atomic mass is 10.1. The van der Waals surface area contributed by atoms with Crippen molar-refractivity contribution in [3.8, 4) is 0 Å². The van der Waals surface area contributed by atoms with Crippen molar-refractivity contribution < 1.29 is 14.5 Å². The van der Waals surface area contributed by atoms with E-state index in [4.69, 9.17) is 11.6 Å². The van der Waals surface area contributed by atoms with Crippen LogP contribution in [0.1, 0.15) is 5.56 Å². The molecule has 1 N–H and O–H groups in total. The van der Waals surface area contributed by atoms with Gasteiger partial charge in [-0.05, 0) is 0 Å². The van der Waals surface area contributed by atoms with E-state index in [1.54, 1.807) is 0 Å². The van der Waals surface area contributed by atoms with Crippen molar-refractivity contribution in [2.45, 2.75) is 0 Å². The molecule has 0 bridgehead atoms. The molecule has 0 saturated heterocycles. The third-order valence-corrected chi connectivity index (χ3v) is 2.62. The molecule has 1 heterocycles. The second-order valence-electron chi connectivity index (χ2n) is 3.27. The van der Waals surface area contributed by atoms with Gasteiger partial charge in [0, 0.05) is 17.7 Å². The highest BCUT2D eigenvalue weighted by molar-refractivity contribution is 6.40. The zero-order valence-corrected chi connectivity index (χ0v) is 9.02. The van der Waals surface area contributed by atoms with Crippen LogP contribution in [0.25, 0.3) is 5.57 Å². The quantitative estimate of drug-likeness (QED) is 0.488. The van der Waals surface area contributed by atoms with Gasteiger partial charge in [-0.25, -0.2) is 0 Å². The summed E-state index contributed by atoms with van der Waals surface area (Å²) in [5.41, 5.74) is -0.106. The van der Waals surface area contributed by atoms with E-state index < -0.39 is 16.7 Å². The Morgan fingerprint density at radius 2 is 2.00 bits per heavy atom. The summed E-state index contributed by atoms with van der Waals surface area (Å²) < 4.78 is 0. The largest absolute Gasteiger partial charge is 0.289 e. The van der Waals surface area contributed by atoms with E-state index in [-0.39, 0.29) is 21.8 Å². The summed E-state index contributed by atoms with van der Waals surface area (Å²) in [6.45, 7) is 0. The van der Waals surface area contributed by atoms with Crippen LogP contribution >= 0.6 is 11.6 Å². The number of nitrogens with zero attached hydrogens (tertiary/aromatic N) is 1. The Hall–Kier alpha value is -2.21. The minimum Gasteiger partial charge on any atom is -0.289 e. The number of hydrogen-bond acceptors (Lipinski definition) is 4. The Bertz CT molecular complexity index is 580. The van der Waals surface area contributed by atoms with Crippen LogP contribution in [0.5, 0.6) is 0 Å². The van der Waals surface area contributed by atoms with Crippen LogP contribution in [0.2, 0.25) is 5.02 Å². The minimum absolute atomic E-state index is 0.0312. The smallest absolute Gasteiger partial charge is 0.288 e. The molecule has 7 heteroatoms. The number of amides is 2. The highest BCUT2D eigenvalue weighted by Gasteiger charge is 2.26. The molecular weight excluding hydrogens is 248 g/mol. The van der Waals surface area contributed by atoms with Crippen LogP contribution in [0.4, 0.5) is 5.69 Å². The van der Waals surface area contributed by atoms with Gasteiger partial charge in [0.25, 0.3) is 17.5 Å². The zero-order chi connectivity index (χ0) is 12.6. The average Bonchev–Trinajstić information content (AvgIpc) is 2.57. The van der Waals surface area contributed by atoms with Crippen molar-refractivity contribution in [3.05, 3.63) is 45.0 Å². The van der Waals surface area contributed by atoms with Crippen LogP contribution in [0.15, 0.2) is 24.3 Å². The molecule has 0 radical (unpaired) electrons. The normalized spacial score (nSPS) is 14.5. The molecule has 0 spiro atoms. The lowest BCUT2D eigenvalue weighted by Crippen LogP contribution is -2.21. The molecule has 1 aliphatic heterocycles. The first-order chi connectivity index (χ1) is 8.00. The second-order valence-corrected chi connectivity index (χ2v) is 3.65. The van der Waals surface area contributed by atoms with Gasteiger partial charge in [0.15, 0.2) is 0 Å². The van der Waals surface area contributed by atoms with Crippen LogP contribution in [0, 0.1) is 10.1 Å². The first kappa shape index (κ1) is 11.3. The molecule has 1 aromatic carbocycles. The summed E-state index contributed by atoms with van der Waals surface area (Å²) in [5, 5.41) is 12.6. The maximum absolute atomic E-state index is 11.4. The molecule has 1 aliphatic rings. The summed E-state index contributed by atoms with van der Waals surface area (Å²) >= 11 is 5.82. The van der Waals surface area contributed by atoms with Gasteiger partial charge in [-0.15, -0.1) is 0 Å². The fraction of sp³-hybridized carbons (Fsp3) is 0. The summed E-state index contributed by atoms with van der Waals surface area (Å²) in [7, 11) is 0. The Balaban J connectivity index is 2.58. The van der Waals surface area contributed by atoms with Crippen LogP contribution in [-0.4, -0.2) is 16.7 Å². The fourth-order valence-corrected chi connectivity index (χ4v) is 1.78. The highest BCUT2D eigenvalue weighted by atomic mass is 35.5. The molecule has 2 amide bonds. The van der Waals surface area contributed by atoms with E-state index in [1.807, 2.05) is 5.32 Å². The third-order valence-electron chi connectivity index (χ3n) is 2.22. The van der Waals surface area contributed by atoms with Crippen molar-refractivity contribution in [2.24, 2.45) is 0 Å². The van der Waals surface area contributed by atoms with Gasteiger partial charge in [0.2, 0.25) is 0 Å². The molecule has 17 heavy (non-hydrogen) atoms. The molecule has 0 saturated carbocycles. The van der Waals surface area contributed by atoms with Gasteiger partial charge in [0.05, 0.1) is 10.5 Å². The number of rotatable bonds is 2. The van der Waals surface area contributed by atoms with E-state index in [1.165, 1.54) is 18.2 Å². The zero-order valence-electron chi connectivity index (χ0n) is 8.27. The van der Waals surface area contributed by atoms with E-state index in [0.717, 1.165) is 6.08 Å². The number of halogens is 1. The first-order valence-electron chi connectivity index (χ1n) is 4.51. The predicted octanol–water partition coefficient (Wildman–Crippen LogP) is 1.29. The average molecular weight is 253 g/mol. The number of carbonyl (C=O) groups is 2. The summed E-state index contributed by atoms with van der Waals surface area (Å²) in [6, 6.07) is 4.07. The Kier molecular flexibility index (Phi) is 2.64. The summed E-state index contributed by atoms with van der Waals surface area (Å²) in [5.74, 6) is -1.18. The van der Waals surface area contributed by atoms with Crippen molar-refractivity contribution in [3.63, 3.8) is 0 Å². The maximum atomic E-state index is 11.4. The molecule has 0 fully saturated rings. The second kappa shape index (κ2) is 3.99. The van der Waals surface area contributed by atoms with Gasteiger partial charge >= 0.3 is 0 Å². The topological polar surface area (TPSA) is 89.3 Å². The van der Waals surface area contributed by atoms with Crippen LogP contribution < -0.4 is 5.32 Å². The number of hydrogen-bond donors (Lipinski definition) is 1. The van der Waals surface area contributed by atoms with E-state index in [0.29, 0.717) is 0 Å². The fourth-order valence-electron chi connectivity index (χ4n) is 1.48. The monoisotopic (exact) mass is 252 g/mol. The number of nitrogens with one attached hydrogen (secondary N) is 1. The van der Waals surface area contributed by atoms with E-state index in [9.17, 15) is 19.7 Å². The predicted molar refractivity (Wildman–Crippen MR) is 59.2 cm³/mol. The van der Waals surface area contributed by atoms with Gasteiger partial charge in [-0.3, -0.25) is 25.0 Å². The van der Waals surface area contributed by atoms with Gasteiger partial charge < -0.3 is 0 Å². The summed E-state index contributed by atoms with van der Waals surface area (Å²) in [6.07, 6.45) is 1.06. The van der Waals surface area contributed by atoms with E-state index in [2.05, 4.69) is 0 Å². The lowest BCUT2D eigenvalue weighted by molar-refractivity contribution is -0.384.